The Labute approximate surface area is 170 Å². The van der Waals surface area contributed by atoms with Crippen LogP contribution >= 0.6 is 0 Å². The van der Waals surface area contributed by atoms with E-state index in [2.05, 4.69) is 34.4 Å². The molecule has 0 spiro atoms. The van der Waals surface area contributed by atoms with Crippen molar-refractivity contribution in [3.63, 3.8) is 0 Å². The fourth-order valence-corrected chi connectivity index (χ4v) is 2.86. The van der Waals surface area contributed by atoms with Gasteiger partial charge in [0.15, 0.2) is 5.78 Å². The third kappa shape index (κ3) is 5.25. The van der Waals surface area contributed by atoms with Crippen molar-refractivity contribution >= 4 is 28.9 Å². The fourth-order valence-electron chi connectivity index (χ4n) is 2.86. The molecule has 2 aromatic carbocycles. The summed E-state index contributed by atoms with van der Waals surface area (Å²) in [7, 11) is 0. The Bertz CT molecular complexity index is 1040. The molecule has 0 bridgehead atoms. The van der Waals surface area contributed by atoms with Crippen molar-refractivity contribution < 1.29 is 9.59 Å². The first kappa shape index (κ1) is 20.2. The minimum Gasteiger partial charge on any atom is -0.340 e. The van der Waals surface area contributed by atoms with E-state index in [1.165, 1.54) is 12.5 Å². The zero-order chi connectivity index (χ0) is 21.0. The standard InChI is InChI=1S/C23H24N4O2/c1-14(2)17-8-10-19(11-9-17)27-23(29)21-13-22(25-16(4)24-21)26-20-7-5-6-18(12-20)15(3)28/h5-14H,1-4H3,(H,27,29)(H,24,25,26). The van der Waals surface area contributed by atoms with Gasteiger partial charge in [-0.2, -0.15) is 0 Å². The van der Waals surface area contributed by atoms with Crippen LogP contribution in [-0.4, -0.2) is 21.7 Å². The second-order valence-electron chi connectivity index (χ2n) is 7.18. The number of benzene rings is 2. The van der Waals surface area contributed by atoms with Crippen LogP contribution < -0.4 is 10.6 Å². The number of aryl methyl sites for hydroxylation is 1. The number of nitrogens with one attached hydrogen (secondary N) is 2. The summed E-state index contributed by atoms with van der Waals surface area (Å²) in [6, 6.07) is 16.5. The Morgan fingerprint density at radius 3 is 2.31 bits per heavy atom. The molecule has 6 heteroatoms. The number of ketones is 1. The summed E-state index contributed by atoms with van der Waals surface area (Å²) >= 11 is 0. The van der Waals surface area contributed by atoms with Gasteiger partial charge in [0, 0.05) is 23.0 Å². The SMILES string of the molecule is CC(=O)c1cccc(Nc2cc(C(=O)Nc3ccc(C(C)C)cc3)nc(C)n2)c1. The maximum Gasteiger partial charge on any atom is 0.274 e. The number of nitrogens with zero attached hydrogens (tertiary/aromatic N) is 2. The zero-order valence-corrected chi connectivity index (χ0v) is 17.0. The monoisotopic (exact) mass is 388 g/mol. The van der Waals surface area contributed by atoms with E-state index in [1.807, 2.05) is 30.3 Å². The van der Waals surface area contributed by atoms with Crippen molar-refractivity contribution in [3.8, 4) is 0 Å². The molecule has 0 atom stereocenters. The highest BCUT2D eigenvalue weighted by Crippen LogP contribution is 2.20. The van der Waals surface area contributed by atoms with E-state index in [0.29, 0.717) is 34.5 Å². The second kappa shape index (κ2) is 8.65. The Kier molecular flexibility index (Phi) is 6.02. The third-order valence-corrected chi connectivity index (χ3v) is 4.45. The summed E-state index contributed by atoms with van der Waals surface area (Å²) in [6.45, 7) is 7.49. The van der Waals surface area contributed by atoms with Gasteiger partial charge in [0.2, 0.25) is 0 Å². The lowest BCUT2D eigenvalue weighted by Crippen LogP contribution is -2.15. The number of anilines is 3. The van der Waals surface area contributed by atoms with Crippen molar-refractivity contribution in [1.29, 1.82) is 0 Å². The topological polar surface area (TPSA) is 84.0 Å². The molecule has 0 unspecified atom stereocenters. The minimum absolute atomic E-state index is 0.0175. The highest BCUT2D eigenvalue weighted by atomic mass is 16.2. The van der Waals surface area contributed by atoms with E-state index in [-0.39, 0.29) is 17.4 Å². The molecule has 0 aliphatic carbocycles. The molecule has 148 valence electrons. The van der Waals surface area contributed by atoms with Gasteiger partial charge in [-0.15, -0.1) is 0 Å². The lowest BCUT2D eigenvalue weighted by molar-refractivity contribution is 0.101. The fraction of sp³-hybridized carbons (Fsp3) is 0.217. The molecule has 0 aliphatic heterocycles. The zero-order valence-electron chi connectivity index (χ0n) is 17.0. The van der Waals surface area contributed by atoms with E-state index >= 15 is 0 Å². The lowest BCUT2D eigenvalue weighted by atomic mass is 10.0. The molecular formula is C23H24N4O2. The molecule has 1 amide bonds. The Hall–Kier alpha value is -3.54. The number of hydrogen-bond donors (Lipinski definition) is 2. The minimum atomic E-state index is -0.312. The molecule has 1 heterocycles. The summed E-state index contributed by atoms with van der Waals surface area (Å²) in [4.78, 5) is 32.8. The van der Waals surface area contributed by atoms with Gasteiger partial charge >= 0.3 is 0 Å². The molecule has 3 rings (SSSR count). The van der Waals surface area contributed by atoms with Gasteiger partial charge in [-0.3, -0.25) is 9.59 Å². The smallest absolute Gasteiger partial charge is 0.274 e. The molecule has 0 aliphatic rings. The van der Waals surface area contributed by atoms with E-state index in [1.54, 1.807) is 31.2 Å². The highest BCUT2D eigenvalue weighted by Gasteiger charge is 2.12. The van der Waals surface area contributed by atoms with Crippen LogP contribution in [0.25, 0.3) is 0 Å². The van der Waals surface area contributed by atoms with Crippen molar-refractivity contribution in [3.05, 3.63) is 77.2 Å². The molecule has 0 radical (unpaired) electrons. The molecule has 0 saturated heterocycles. The van der Waals surface area contributed by atoms with Gasteiger partial charge in [-0.1, -0.05) is 38.1 Å². The van der Waals surface area contributed by atoms with Crippen molar-refractivity contribution in [1.82, 2.24) is 9.97 Å². The van der Waals surface area contributed by atoms with E-state index in [9.17, 15) is 9.59 Å². The van der Waals surface area contributed by atoms with Crippen LogP contribution in [0.1, 0.15) is 58.9 Å². The first-order valence-corrected chi connectivity index (χ1v) is 9.47. The molecular weight excluding hydrogens is 364 g/mol. The van der Waals surface area contributed by atoms with Gasteiger partial charge in [0.1, 0.15) is 17.3 Å². The molecule has 1 aromatic heterocycles. The quantitative estimate of drug-likeness (QED) is 0.574. The third-order valence-electron chi connectivity index (χ3n) is 4.45. The van der Waals surface area contributed by atoms with E-state index in [4.69, 9.17) is 0 Å². The van der Waals surface area contributed by atoms with Gasteiger partial charge < -0.3 is 10.6 Å². The maximum absolute atomic E-state index is 12.7. The number of amides is 1. The van der Waals surface area contributed by atoms with Crippen molar-refractivity contribution in [2.75, 3.05) is 10.6 Å². The highest BCUT2D eigenvalue weighted by molar-refractivity contribution is 6.03. The molecule has 0 fully saturated rings. The molecule has 6 nitrogen and oxygen atoms in total. The largest absolute Gasteiger partial charge is 0.340 e. The number of aromatic nitrogens is 2. The number of rotatable bonds is 6. The maximum atomic E-state index is 12.7. The number of carbonyl (C=O) groups is 2. The normalized spacial score (nSPS) is 10.7. The molecule has 2 N–H and O–H groups in total. The number of Topliss-reactive ketones (excluding diaryl/α,β-unsaturated/α-hetero) is 1. The average molecular weight is 388 g/mol. The Morgan fingerprint density at radius 1 is 0.931 bits per heavy atom. The second-order valence-corrected chi connectivity index (χ2v) is 7.18. The Balaban J connectivity index is 1.78. The van der Waals surface area contributed by atoms with Gasteiger partial charge in [0.25, 0.3) is 5.91 Å². The number of hydrogen-bond acceptors (Lipinski definition) is 5. The van der Waals surface area contributed by atoms with E-state index < -0.39 is 0 Å². The summed E-state index contributed by atoms with van der Waals surface area (Å²) in [5.41, 5.74) is 3.49. The first-order valence-electron chi connectivity index (χ1n) is 9.47. The predicted octanol–water partition coefficient (Wildman–Crippen LogP) is 5.11. The van der Waals surface area contributed by atoms with Crippen LogP contribution in [0.5, 0.6) is 0 Å². The van der Waals surface area contributed by atoms with Crippen molar-refractivity contribution in [2.45, 2.75) is 33.6 Å². The van der Waals surface area contributed by atoms with Crippen molar-refractivity contribution in [2.24, 2.45) is 0 Å². The van der Waals surface area contributed by atoms with Crippen LogP contribution in [0.15, 0.2) is 54.6 Å². The van der Waals surface area contributed by atoms with E-state index in [0.717, 1.165) is 0 Å². The van der Waals surface area contributed by atoms with Crippen LogP contribution in [0.2, 0.25) is 0 Å². The molecule has 3 aromatic rings. The van der Waals surface area contributed by atoms with Crippen LogP contribution in [0, 0.1) is 6.92 Å². The number of carbonyl (C=O) groups excluding carboxylic acids is 2. The summed E-state index contributed by atoms with van der Waals surface area (Å²) in [5.74, 6) is 1.06. The average Bonchev–Trinajstić information content (AvgIpc) is 2.68. The first-order chi connectivity index (χ1) is 13.8. The Morgan fingerprint density at radius 2 is 1.66 bits per heavy atom. The molecule has 0 saturated carbocycles. The van der Waals surface area contributed by atoms with Crippen LogP contribution in [0.4, 0.5) is 17.2 Å². The summed E-state index contributed by atoms with van der Waals surface area (Å²) in [6.07, 6.45) is 0. The predicted molar refractivity (Wildman–Crippen MR) is 115 cm³/mol. The molecule has 29 heavy (non-hydrogen) atoms. The van der Waals surface area contributed by atoms with Gasteiger partial charge in [0.05, 0.1) is 0 Å². The van der Waals surface area contributed by atoms with Gasteiger partial charge in [-0.25, -0.2) is 9.97 Å². The summed E-state index contributed by atoms with van der Waals surface area (Å²) < 4.78 is 0. The lowest BCUT2D eigenvalue weighted by Gasteiger charge is -2.11. The van der Waals surface area contributed by atoms with Gasteiger partial charge in [-0.05, 0) is 49.6 Å². The summed E-state index contributed by atoms with van der Waals surface area (Å²) in [5, 5.41) is 6.00. The van der Waals surface area contributed by atoms with Crippen LogP contribution in [0.3, 0.4) is 0 Å². The van der Waals surface area contributed by atoms with Crippen LogP contribution in [-0.2, 0) is 0 Å².